The van der Waals surface area contributed by atoms with Crippen LogP contribution in [0.5, 0.6) is 0 Å². The fourth-order valence-corrected chi connectivity index (χ4v) is 4.40. The molecule has 0 spiro atoms. The number of aryl methyl sites for hydroxylation is 1. The Kier molecular flexibility index (Phi) is 4.57. The zero-order valence-corrected chi connectivity index (χ0v) is 14.0. The van der Waals surface area contributed by atoms with Crippen LogP contribution in [0.3, 0.4) is 0 Å². The predicted molar refractivity (Wildman–Crippen MR) is 87.4 cm³/mol. The number of aromatic nitrogens is 1. The summed E-state index contributed by atoms with van der Waals surface area (Å²) < 4.78 is 0. The fourth-order valence-electron chi connectivity index (χ4n) is 1.97. The van der Waals surface area contributed by atoms with Gasteiger partial charge in [0.05, 0.1) is 10.4 Å². The maximum absolute atomic E-state index is 11.2. The van der Waals surface area contributed by atoms with Gasteiger partial charge < -0.3 is 5.11 Å². The second-order valence-electron chi connectivity index (χ2n) is 6.08. The molecule has 0 aliphatic heterocycles. The molecule has 1 heterocycles. The van der Waals surface area contributed by atoms with Crippen LogP contribution >= 0.6 is 23.1 Å². The van der Waals surface area contributed by atoms with Gasteiger partial charge in [0.2, 0.25) is 0 Å². The number of nitrogens with zero attached hydrogens (tertiary/aromatic N) is 1. The lowest BCUT2D eigenvalue weighted by Gasteiger charge is -2.39. The van der Waals surface area contributed by atoms with E-state index in [1.54, 1.807) is 23.5 Å². The highest BCUT2D eigenvalue weighted by molar-refractivity contribution is 7.99. The van der Waals surface area contributed by atoms with Crippen molar-refractivity contribution in [3.63, 3.8) is 0 Å². The minimum absolute atomic E-state index is 0.240. The van der Waals surface area contributed by atoms with Crippen LogP contribution in [-0.4, -0.2) is 15.8 Å². The predicted octanol–water partition coefficient (Wildman–Crippen LogP) is 4.48. The van der Waals surface area contributed by atoms with E-state index in [1.165, 1.54) is 21.8 Å². The lowest BCUT2D eigenvalue weighted by molar-refractivity contribution is -0.0392. The SMILES string of the molecule is Cc1cccc(SCC(O)(c2cncs2)C(C)(C)C)c1. The molecule has 0 bridgehead atoms. The van der Waals surface area contributed by atoms with Crippen LogP contribution in [0.4, 0.5) is 0 Å². The van der Waals surface area contributed by atoms with Crippen molar-refractivity contribution in [2.75, 3.05) is 5.75 Å². The Balaban J connectivity index is 2.22. The van der Waals surface area contributed by atoms with Crippen molar-refractivity contribution in [1.29, 1.82) is 0 Å². The molecule has 0 saturated carbocycles. The Morgan fingerprint density at radius 3 is 2.60 bits per heavy atom. The molecule has 20 heavy (non-hydrogen) atoms. The van der Waals surface area contributed by atoms with E-state index >= 15 is 0 Å². The quantitative estimate of drug-likeness (QED) is 0.846. The molecule has 108 valence electrons. The first-order valence-electron chi connectivity index (χ1n) is 6.64. The average Bonchev–Trinajstić information content (AvgIpc) is 2.89. The van der Waals surface area contributed by atoms with E-state index in [-0.39, 0.29) is 5.41 Å². The molecular weight excluding hydrogens is 286 g/mol. The van der Waals surface area contributed by atoms with Crippen LogP contribution in [0, 0.1) is 12.3 Å². The highest BCUT2D eigenvalue weighted by atomic mass is 32.2. The van der Waals surface area contributed by atoms with E-state index in [1.807, 2.05) is 0 Å². The van der Waals surface area contributed by atoms with Crippen molar-refractivity contribution in [3.05, 3.63) is 46.4 Å². The van der Waals surface area contributed by atoms with Crippen molar-refractivity contribution in [3.8, 4) is 0 Å². The Labute approximate surface area is 129 Å². The van der Waals surface area contributed by atoms with E-state index in [0.29, 0.717) is 5.75 Å². The number of thiazole rings is 1. The molecule has 0 fully saturated rings. The van der Waals surface area contributed by atoms with E-state index in [0.717, 1.165) is 4.88 Å². The topological polar surface area (TPSA) is 33.1 Å². The van der Waals surface area contributed by atoms with Crippen molar-refractivity contribution in [2.24, 2.45) is 5.41 Å². The monoisotopic (exact) mass is 307 g/mol. The molecule has 0 radical (unpaired) electrons. The molecule has 0 amide bonds. The first-order chi connectivity index (χ1) is 9.33. The summed E-state index contributed by atoms with van der Waals surface area (Å²) in [6, 6.07) is 8.39. The van der Waals surface area contributed by atoms with Crippen LogP contribution in [0.25, 0.3) is 0 Å². The van der Waals surface area contributed by atoms with Gasteiger partial charge in [0.25, 0.3) is 0 Å². The number of thioether (sulfide) groups is 1. The van der Waals surface area contributed by atoms with Gasteiger partial charge >= 0.3 is 0 Å². The zero-order valence-electron chi connectivity index (χ0n) is 12.4. The molecule has 2 nitrogen and oxygen atoms in total. The normalized spacial score (nSPS) is 15.1. The van der Waals surface area contributed by atoms with E-state index < -0.39 is 5.60 Å². The summed E-state index contributed by atoms with van der Waals surface area (Å²) in [5.41, 5.74) is 1.91. The molecule has 0 aliphatic carbocycles. The van der Waals surface area contributed by atoms with Crippen molar-refractivity contribution in [1.82, 2.24) is 4.98 Å². The molecule has 4 heteroatoms. The van der Waals surface area contributed by atoms with Gasteiger partial charge in [-0.3, -0.25) is 4.98 Å². The second kappa shape index (κ2) is 5.88. The summed E-state index contributed by atoms with van der Waals surface area (Å²) >= 11 is 3.22. The third-order valence-corrected chi connectivity index (χ3v) is 5.59. The van der Waals surface area contributed by atoms with E-state index in [4.69, 9.17) is 0 Å². The van der Waals surface area contributed by atoms with Crippen LogP contribution in [0.15, 0.2) is 40.9 Å². The zero-order chi connectivity index (χ0) is 14.8. The second-order valence-corrected chi connectivity index (χ2v) is 8.02. The Bertz CT molecular complexity index is 560. The maximum Gasteiger partial charge on any atom is 0.114 e. The maximum atomic E-state index is 11.2. The molecule has 1 unspecified atom stereocenters. The van der Waals surface area contributed by atoms with Crippen LogP contribution in [0.2, 0.25) is 0 Å². The Hall–Kier alpha value is -0.840. The molecule has 1 N–H and O–H groups in total. The smallest absolute Gasteiger partial charge is 0.114 e. The van der Waals surface area contributed by atoms with E-state index in [9.17, 15) is 5.11 Å². The largest absolute Gasteiger partial charge is 0.383 e. The van der Waals surface area contributed by atoms with Gasteiger partial charge in [0.15, 0.2) is 0 Å². The standard InChI is InChI=1S/C16H21NOS2/c1-12-6-5-7-13(8-12)19-10-16(18,15(2,3)4)14-9-17-11-20-14/h5-9,11,18H,10H2,1-4H3. The number of rotatable bonds is 4. The number of benzene rings is 1. The Morgan fingerprint density at radius 2 is 2.05 bits per heavy atom. The fraction of sp³-hybridized carbons (Fsp3) is 0.438. The molecular formula is C16H21NOS2. The first-order valence-corrected chi connectivity index (χ1v) is 8.50. The van der Waals surface area contributed by atoms with Crippen molar-refractivity contribution in [2.45, 2.75) is 38.2 Å². The molecule has 0 aliphatic rings. The van der Waals surface area contributed by atoms with Gasteiger partial charge in [0, 0.05) is 16.8 Å². The summed E-state index contributed by atoms with van der Waals surface area (Å²) in [6.07, 6.45) is 1.78. The average molecular weight is 307 g/mol. The lowest BCUT2D eigenvalue weighted by Crippen LogP contribution is -2.41. The van der Waals surface area contributed by atoms with Crippen LogP contribution < -0.4 is 0 Å². The van der Waals surface area contributed by atoms with Gasteiger partial charge in [-0.2, -0.15) is 0 Å². The molecule has 1 aromatic heterocycles. The van der Waals surface area contributed by atoms with Gasteiger partial charge in [-0.1, -0.05) is 38.5 Å². The van der Waals surface area contributed by atoms with Crippen molar-refractivity contribution >= 4 is 23.1 Å². The lowest BCUT2D eigenvalue weighted by atomic mass is 9.77. The highest BCUT2D eigenvalue weighted by Crippen LogP contribution is 2.44. The molecule has 0 saturated heterocycles. The first kappa shape index (κ1) is 15.5. The summed E-state index contributed by atoms with van der Waals surface area (Å²) in [6.45, 7) is 8.31. The summed E-state index contributed by atoms with van der Waals surface area (Å²) in [5, 5.41) is 11.2. The Morgan fingerprint density at radius 1 is 1.30 bits per heavy atom. The summed E-state index contributed by atoms with van der Waals surface area (Å²) in [7, 11) is 0. The minimum atomic E-state index is -0.872. The van der Waals surface area contributed by atoms with Crippen LogP contribution in [0.1, 0.15) is 31.2 Å². The van der Waals surface area contributed by atoms with Crippen molar-refractivity contribution < 1.29 is 5.11 Å². The van der Waals surface area contributed by atoms with Gasteiger partial charge in [-0.15, -0.1) is 23.1 Å². The minimum Gasteiger partial charge on any atom is -0.383 e. The molecule has 1 atom stereocenters. The summed E-state index contributed by atoms with van der Waals surface area (Å²) in [5.74, 6) is 0.627. The van der Waals surface area contributed by atoms with Gasteiger partial charge in [-0.25, -0.2) is 0 Å². The number of hydrogen-bond donors (Lipinski definition) is 1. The summed E-state index contributed by atoms with van der Waals surface area (Å²) in [4.78, 5) is 6.25. The van der Waals surface area contributed by atoms with Crippen LogP contribution in [-0.2, 0) is 5.60 Å². The van der Waals surface area contributed by atoms with E-state index in [2.05, 4.69) is 56.9 Å². The molecule has 2 rings (SSSR count). The number of hydrogen-bond acceptors (Lipinski definition) is 4. The van der Waals surface area contributed by atoms with Gasteiger partial charge in [0.1, 0.15) is 5.60 Å². The third kappa shape index (κ3) is 3.25. The molecule has 1 aromatic carbocycles. The highest BCUT2D eigenvalue weighted by Gasteiger charge is 2.42. The number of aliphatic hydroxyl groups is 1. The van der Waals surface area contributed by atoms with Gasteiger partial charge in [-0.05, 0) is 24.5 Å². The molecule has 2 aromatic rings. The third-order valence-electron chi connectivity index (χ3n) is 3.52.